The topological polar surface area (TPSA) is 67.0 Å². The molecule has 0 saturated heterocycles. The average Bonchev–Trinajstić information content (AvgIpc) is 3.00. The van der Waals surface area contributed by atoms with Gasteiger partial charge in [-0.3, -0.25) is 9.89 Å². The fraction of sp³-hybridized carbons (Fsp3) is 0.200. The van der Waals surface area contributed by atoms with Crippen molar-refractivity contribution >= 4 is 27.9 Å². The van der Waals surface area contributed by atoms with Crippen LogP contribution < -0.4 is 10.1 Å². The van der Waals surface area contributed by atoms with E-state index in [2.05, 4.69) is 31.4 Å². The van der Waals surface area contributed by atoms with E-state index in [1.54, 1.807) is 12.4 Å². The van der Waals surface area contributed by atoms with Crippen LogP contribution >= 0.6 is 15.9 Å². The Kier molecular flexibility index (Phi) is 3.79. The summed E-state index contributed by atoms with van der Waals surface area (Å²) in [7, 11) is 0. The van der Waals surface area contributed by atoms with Crippen molar-refractivity contribution in [2.45, 2.75) is 13.0 Å². The highest BCUT2D eigenvalue weighted by atomic mass is 79.9. The lowest BCUT2D eigenvalue weighted by Gasteiger charge is -2.19. The molecule has 1 atom stereocenters. The Balaban J connectivity index is 1.76. The first kappa shape index (κ1) is 13.9. The minimum atomic E-state index is -0.130. The Labute approximate surface area is 130 Å². The van der Waals surface area contributed by atoms with Crippen molar-refractivity contribution in [2.75, 3.05) is 6.61 Å². The van der Waals surface area contributed by atoms with Crippen molar-refractivity contribution in [1.82, 2.24) is 15.5 Å². The molecule has 2 aromatic rings. The number of fused-ring (bicyclic) bond motifs is 1. The van der Waals surface area contributed by atoms with Crippen LogP contribution in [0.2, 0.25) is 0 Å². The molecule has 1 aromatic heterocycles. The van der Waals surface area contributed by atoms with Crippen molar-refractivity contribution in [3.8, 4) is 5.75 Å². The summed E-state index contributed by atoms with van der Waals surface area (Å²) in [6.45, 7) is 2.19. The molecule has 21 heavy (non-hydrogen) atoms. The maximum absolute atomic E-state index is 12.3. The fourth-order valence-corrected chi connectivity index (χ4v) is 2.53. The number of hydrogen-bond acceptors (Lipinski definition) is 3. The number of amides is 1. The van der Waals surface area contributed by atoms with E-state index in [1.807, 2.05) is 31.2 Å². The van der Waals surface area contributed by atoms with E-state index in [4.69, 9.17) is 4.74 Å². The van der Waals surface area contributed by atoms with Gasteiger partial charge in [-0.15, -0.1) is 0 Å². The molecule has 0 bridgehead atoms. The van der Waals surface area contributed by atoms with Gasteiger partial charge in [-0.1, -0.05) is 15.9 Å². The van der Waals surface area contributed by atoms with Crippen molar-refractivity contribution in [3.05, 3.63) is 51.8 Å². The van der Waals surface area contributed by atoms with Gasteiger partial charge in [-0.25, -0.2) is 0 Å². The van der Waals surface area contributed by atoms with E-state index in [0.29, 0.717) is 5.57 Å². The molecule has 3 rings (SSSR count). The lowest BCUT2D eigenvalue weighted by molar-refractivity contribution is -0.118. The molecule has 0 fully saturated rings. The Morgan fingerprint density at radius 2 is 2.38 bits per heavy atom. The molecule has 1 aromatic carbocycles. The normalized spacial score (nSPS) is 14.7. The number of H-pyrrole nitrogens is 1. The number of carbonyl (C=O) groups is 1. The quantitative estimate of drug-likeness (QED) is 0.896. The van der Waals surface area contributed by atoms with Crippen LogP contribution in [0.15, 0.2) is 40.6 Å². The first-order chi connectivity index (χ1) is 10.1. The first-order valence-electron chi connectivity index (χ1n) is 6.56. The van der Waals surface area contributed by atoms with Gasteiger partial charge >= 0.3 is 0 Å². The second-order valence-electron chi connectivity index (χ2n) is 4.87. The number of aromatic nitrogens is 2. The van der Waals surface area contributed by atoms with Crippen LogP contribution in [0.1, 0.15) is 24.1 Å². The second-order valence-corrected chi connectivity index (χ2v) is 5.78. The van der Waals surface area contributed by atoms with Crippen LogP contribution in [0.5, 0.6) is 5.75 Å². The van der Waals surface area contributed by atoms with Gasteiger partial charge < -0.3 is 10.1 Å². The fourth-order valence-electron chi connectivity index (χ4n) is 2.15. The van der Waals surface area contributed by atoms with Gasteiger partial charge in [0.15, 0.2) is 0 Å². The van der Waals surface area contributed by atoms with Gasteiger partial charge in [0.2, 0.25) is 0 Å². The zero-order chi connectivity index (χ0) is 14.8. The number of nitrogens with one attached hydrogen (secondary N) is 2. The Morgan fingerprint density at radius 3 is 3.14 bits per heavy atom. The summed E-state index contributed by atoms with van der Waals surface area (Å²) in [6, 6.07) is 5.62. The molecule has 0 saturated carbocycles. The smallest absolute Gasteiger partial charge is 0.251 e. The molecule has 1 aliphatic heterocycles. The van der Waals surface area contributed by atoms with E-state index in [9.17, 15) is 4.79 Å². The molecule has 5 nitrogen and oxygen atoms in total. The number of aromatic amines is 1. The Bertz CT molecular complexity index is 695. The summed E-state index contributed by atoms with van der Waals surface area (Å²) in [4.78, 5) is 12.3. The van der Waals surface area contributed by atoms with Gasteiger partial charge in [-0.2, -0.15) is 5.10 Å². The standard InChI is InChI=1S/C15H14BrN3O2/c1-9(12-6-17-18-7-12)19-15(20)11-4-10-5-13(16)2-3-14(10)21-8-11/h2-7,9H,8H2,1H3,(H,17,18)(H,19,20). The summed E-state index contributed by atoms with van der Waals surface area (Å²) in [5.74, 6) is 0.659. The number of hydrogen-bond donors (Lipinski definition) is 2. The van der Waals surface area contributed by atoms with Crippen molar-refractivity contribution in [1.29, 1.82) is 0 Å². The first-order valence-corrected chi connectivity index (χ1v) is 7.35. The molecule has 6 heteroatoms. The molecule has 0 spiro atoms. The number of halogens is 1. The SMILES string of the molecule is CC(NC(=O)C1=Cc2cc(Br)ccc2OC1)c1cn[nH]c1. The van der Waals surface area contributed by atoms with Gasteiger partial charge in [0.25, 0.3) is 5.91 Å². The monoisotopic (exact) mass is 347 g/mol. The average molecular weight is 348 g/mol. The number of rotatable bonds is 3. The number of carbonyl (C=O) groups excluding carboxylic acids is 1. The van der Waals surface area contributed by atoms with Crippen LogP contribution in [0, 0.1) is 0 Å². The minimum Gasteiger partial charge on any atom is -0.488 e. The minimum absolute atomic E-state index is 0.110. The third-order valence-corrected chi connectivity index (χ3v) is 3.84. The van der Waals surface area contributed by atoms with Crippen LogP contribution in [-0.4, -0.2) is 22.7 Å². The van der Waals surface area contributed by atoms with Crippen LogP contribution in [0.25, 0.3) is 6.08 Å². The molecule has 108 valence electrons. The predicted octanol–water partition coefficient (Wildman–Crippen LogP) is 2.83. The zero-order valence-corrected chi connectivity index (χ0v) is 13.0. The third-order valence-electron chi connectivity index (χ3n) is 3.34. The molecule has 1 amide bonds. The van der Waals surface area contributed by atoms with Gasteiger partial charge in [0, 0.05) is 21.8 Å². The number of nitrogens with zero attached hydrogens (tertiary/aromatic N) is 1. The Morgan fingerprint density at radius 1 is 1.52 bits per heavy atom. The summed E-state index contributed by atoms with van der Waals surface area (Å²) < 4.78 is 6.57. The molecule has 2 N–H and O–H groups in total. The largest absolute Gasteiger partial charge is 0.488 e. The number of benzene rings is 1. The molecule has 0 radical (unpaired) electrons. The van der Waals surface area contributed by atoms with E-state index in [-0.39, 0.29) is 18.6 Å². The molecule has 1 aliphatic rings. The summed E-state index contributed by atoms with van der Waals surface area (Å²) in [5, 5.41) is 9.56. The lowest BCUT2D eigenvalue weighted by Crippen LogP contribution is -2.30. The maximum Gasteiger partial charge on any atom is 0.251 e. The third kappa shape index (κ3) is 3.00. The summed E-state index contributed by atoms with van der Waals surface area (Å²) in [6.07, 6.45) is 5.33. The highest BCUT2D eigenvalue weighted by Gasteiger charge is 2.19. The highest BCUT2D eigenvalue weighted by molar-refractivity contribution is 9.10. The van der Waals surface area contributed by atoms with Gasteiger partial charge in [-0.05, 0) is 31.2 Å². The maximum atomic E-state index is 12.3. The zero-order valence-electron chi connectivity index (χ0n) is 11.4. The highest BCUT2D eigenvalue weighted by Crippen LogP contribution is 2.29. The van der Waals surface area contributed by atoms with E-state index >= 15 is 0 Å². The predicted molar refractivity (Wildman–Crippen MR) is 82.8 cm³/mol. The van der Waals surface area contributed by atoms with Gasteiger partial charge in [0.05, 0.1) is 17.8 Å². The van der Waals surface area contributed by atoms with Gasteiger partial charge in [0.1, 0.15) is 12.4 Å². The van der Waals surface area contributed by atoms with Crippen molar-refractivity contribution in [2.24, 2.45) is 0 Å². The van der Waals surface area contributed by atoms with Crippen LogP contribution in [0.3, 0.4) is 0 Å². The van der Waals surface area contributed by atoms with E-state index in [1.165, 1.54) is 0 Å². The molecule has 2 heterocycles. The van der Waals surface area contributed by atoms with E-state index < -0.39 is 0 Å². The van der Waals surface area contributed by atoms with Crippen LogP contribution in [-0.2, 0) is 4.79 Å². The van der Waals surface area contributed by atoms with E-state index in [0.717, 1.165) is 21.3 Å². The molecule has 1 unspecified atom stereocenters. The summed E-state index contributed by atoms with van der Waals surface area (Å²) >= 11 is 3.42. The van der Waals surface area contributed by atoms with Crippen molar-refractivity contribution < 1.29 is 9.53 Å². The second kappa shape index (κ2) is 5.73. The van der Waals surface area contributed by atoms with Crippen molar-refractivity contribution in [3.63, 3.8) is 0 Å². The summed E-state index contributed by atoms with van der Waals surface area (Å²) in [5.41, 5.74) is 2.44. The molecular weight excluding hydrogens is 334 g/mol. The lowest BCUT2D eigenvalue weighted by atomic mass is 10.1. The van der Waals surface area contributed by atoms with Crippen LogP contribution in [0.4, 0.5) is 0 Å². The number of ether oxygens (including phenoxy) is 1. The Hall–Kier alpha value is -2.08. The molecule has 0 aliphatic carbocycles. The molecular formula is C15H14BrN3O2.